The van der Waals surface area contributed by atoms with Crippen LogP contribution < -0.4 is 5.32 Å². The quantitative estimate of drug-likeness (QED) is 0.718. The Morgan fingerprint density at radius 1 is 1.22 bits per heavy atom. The van der Waals surface area contributed by atoms with Crippen LogP contribution in [0.3, 0.4) is 0 Å². The Labute approximate surface area is 134 Å². The Morgan fingerprint density at radius 2 is 2.09 bits per heavy atom. The highest BCUT2D eigenvalue weighted by Gasteiger charge is 2.21. The monoisotopic (exact) mass is 319 g/mol. The summed E-state index contributed by atoms with van der Waals surface area (Å²) in [5.41, 5.74) is 0. The number of carbonyl (C=O) groups excluding carboxylic acids is 2. The van der Waals surface area contributed by atoms with E-state index in [1.54, 1.807) is 12.1 Å². The van der Waals surface area contributed by atoms with Crippen LogP contribution in [0.1, 0.15) is 43.2 Å². The standard InChI is InChI=1S/C16H21N3O4/c1-2-3-4-5-9-19(16(21)13-7-6-10-22-13)12-15(20)17-14-8-11-23-18-14/h6-8,10-11H,2-5,9,12H2,1H3,(H,17,18,20). The van der Waals surface area contributed by atoms with Crippen molar-refractivity contribution in [3.8, 4) is 0 Å². The summed E-state index contributed by atoms with van der Waals surface area (Å²) in [4.78, 5) is 26.0. The molecule has 0 aliphatic rings. The molecular formula is C16H21N3O4. The molecule has 7 heteroatoms. The lowest BCUT2D eigenvalue weighted by Crippen LogP contribution is -2.38. The van der Waals surface area contributed by atoms with Gasteiger partial charge in [0.25, 0.3) is 5.91 Å². The van der Waals surface area contributed by atoms with Gasteiger partial charge >= 0.3 is 0 Å². The van der Waals surface area contributed by atoms with Crippen LogP contribution in [0.2, 0.25) is 0 Å². The first-order chi connectivity index (χ1) is 11.2. The molecular weight excluding hydrogens is 298 g/mol. The molecule has 7 nitrogen and oxygen atoms in total. The summed E-state index contributed by atoms with van der Waals surface area (Å²) in [6, 6.07) is 4.78. The van der Waals surface area contributed by atoms with Crippen molar-refractivity contribution in [2.24, 2.45) is 0 Å². The minimum Gasteiger partial charge on any atom is -0.459 e. The molecule has 2 heterocycles. The number of hydrogen-bond donors (Lipinski definition) is 1. The molecule has 2 rings (SSSR count). The first-order valence-electron chi connectivity index (χ1n) is 7.73. The highest BCUT2D eigenvalue weighted by atomic mass is 16.5. The third-order valence-electron chi connectivity index (χ3n) is 3.34. The fraction of sp³-hybridized carbons (Fsp3) is 0.438. The van der Waals surface area contributed by atoms with Crippen molar-refractivity contribution in [3.63, 3.8) is 0 Å². The zero-order valence-corrected chi connectivity index (χ0v) is 13.2. The molecule has 23 heavy (non-hydrogen) atoms. The maximum Gasteiger partial charge on any atom is 0.290 e. The predicted octanol–water partition coefficient (Wildman–Crippen LogP) is 2.93. The van der Waals surface area contributed by atoms with Crippen molar-refractivity contribution in [2.45, 2.75) is 32.6 Å². The molecule has 0 aliphatic carbocycles. The fourth-order valence-corrected chi connectivity index (χ4v) is 2.17. The average Bonchev–Trinajstić information content (AvgIpc) is 3.22. The summed E-state index contributed by atoms with van der Waals surface area (Å²) < 4.78 is 9.80. The smallest absolute Gasteiger partial charge is 0.290 e. The molecule has 0 bridgehead atoms. The molecule has 0 unspecified atom stereocenters. The molecule has 0 aromatic carbocycles. The molecule has 0 fully saturated rings. The third kappa shape index (κ3) is 5.28. The van der Waals surface area contributed by atoms with Crippen molar-refractivity contribution < 1.29 is 18.5 Å². The number of anilines is 1. The van der Waals surface area contributed by atoms with Crippen LogP contribution in [-0.2, 0) is 4.79 Å². The van der Waals surface area contributed by atoms with Gasteiger partial charge in [0.05, 0.1) is 6.26 Å². The first-order valence-corrected chi connectivity index (χ1v) is 7.73. The maximum atomic E-state index is 12.4. The van der Waals surface area contributed by atoms with Crippen LogP contribution in [0.5, 0.6) is 0 Å². The van der Waals surface area contributed by atoms with Crippen molar-refractivity contribution >= 4 is 17.6 Å². The fourth-order valence-electron chi connectivity index (χ4n) is 2.17. The zero-order chi connectivity index (χ0) is 16.5. The van der Waals surface area contributed by atoms with Gasteiger partial charge < -0.3 is 19.2 Å². The zero-order valence-electron chi connectivity index (χ0n) is 13.2. The van der Waals surface area contributed by atoms with E-state index in [4.69, 9.17) is 4.42 Å². The van der Waals surface area contributed by atoms with Crippen LogP contribution in [0.4, 0.5) is 5.82 Å². The molecule has 0 atom stereocenters. The number of aromatic nitrogens is 1. The largest absolute Gasteiger partial charge is 0.459 e. The van der Waals surface area contributed by atoms with Gasteiger partial charge in [0.15, 0.2) is 11.6 Å². The second-order valence-corrected chi connectivity index (χ2v) is 5.20. The number of rotatable bonds is 9. The third-order valence-corrected chi connectivity index (χ3v) is 3.34. The Balaban J connectivity index is 1.94. The van der Waals surface area contributed by atoms with Crippen LogP contribution >= 0.6 is 0 Å². The number of hydrogen-bond acceptors (Lipinski definition) is 5. The van der Waals surface area contributed by atoms with E-state index >= 15 is 0 Å². The number of furan rings is 1. The molecule has 0 radical (unpaired) electrons. The number of amides is 2. The molecule has 2 aromatic rings. The van der Waals surface area contributed by atoms with E-state index in [2.05, 4.69) is 21.9 Å². The summed E-state index contributed by atoms with van der Waals surface area (Å²) in [6.45, 7) is 2.57. The highest BCUT2D eigenvalue weighted by Crippen LogP contribution is 2.09. The van der Waals surface area contributed by atoms with Gasteiger partial charge in [0.2, 0.25) is 5.91 Å². The van der Waals surface area contributed by atoms with Crippen LogP contribution in [-0.4, -0.2) is 35.0 Å². The lowest BCUT2D eigenvalue weighted by atomic mass is 10.2. The molecule has 1 N–H and O–H groups in total. The molecule has 2 aromatic heterocycles. The Bertz CT molecular complexity index is 593. The Hall–Kier alpha value is -2.57. The van der Waals surface area contributed by atoms with Crippen molar-refractivity contribution in [2.75, 3.05) is 18.4 Å². The van der Waals surface area contributed by atoms with E-state index in [0.717, 1.165) is 25.7 Å². The topological polar surface area (TPSA) is 88.6 Å². The summed E-state index contributed by atoms with van der Waals surface area (Å²) >= 11 is 0. The number of unbranched alkanes of at least 4 members (excludes halogenated alkanes) is 3. The lowest BCUT2D eigenvalue weighted by Gasteiger charge is -2.20. The minimum atomic E-state index is -0.325. The Kier molecular flexibility index (Phi) is 6.40. The van der Waals surface area contributed by atoms with E-state index in [1.807, 2.05) is 0 Å². The summed E-state index contributed by atoms with van der Waals surface area (Å²) in [5, 5.41) is 6.20. The molecule has 124 valence electrons. The van der Waals surface area contributed by atoms with Gasteiger partial charge in [-0.15, -0.1) is 0 Å². The molecule has 0 aliphatic heterocycles. The molecule has 0 saturated carbocycles. The van der Waals surface area contributed by atoms with Crippen molar-refractivity contribution in [1.82, 2.24) is 10.1 Å². The second kappa shape index (κ2) is 8.77. The van der Waals surface area contributed by atoms with E-state index in [9.17, 15) is 9.59 Å². The molecule has 0 spiro atoms. The number of carbonyl (C=O) groups is 2. The van der Waals surface area contributed by atoms with E-state index in [0.29, 0.717) is 12.4 Å². The van der Waals surface area contributed by atoms with Crippen molar-refractivity contribution in [1.29, 1.82) is 0 Å². The minimum absolute atomic E-state index is 0.0570. The van der Waals surface area contributed by atoms with Crippen LogP contribution in [0.25, 0.3) is 0 Å². The SMILES string of the molecule is CCCCCCN(CC(=O)Nc1ccon1)C(=O)c1ccco1. The van der Waals surface area contributed by atoms with Gasteiger partial charge in [-0.3, -0.25) is 9.59 Å². The van der Waals surface area contributed by atoms with Gasteiger partial charge in [-0.1, -0.05) is 31.3 Å². The Morgan fingerprint density at radius 3 is 2.74 bits per heavy atom. The molecule has 2 amide bonds. The van der Waals surface area contributed by atoms with Crippen LogP contribution in [0, 0.1) is 0 Å². The average molecular weight is 319 g/mol. The number of nitrogens with one attached hydrogen (secondary N) is 1. The normalized spacial score (nSPS) is 10.5. The lowest BCUT2D eigenvalue weighted by molar-refractivity contribution is -0.117. The highest BCUT2D eigenvalue weighted by molar-refractivity contribution is 5.97. The summed E-state index contributed by atoms with van der Waals surface area (Å²) in [7, 11) is 0. The summed E-state index contributed by atoms with van der Waals surface area (Å²) in [5.74, 6) is -0.0581. The van der Waals surface area contributed by atoms with E-state index < -0.39 is 0 Å². The van der Waals surface area contributed by atoms with Crippen molar-refractivity contribution in [3.05, 3.63) is 36.5 Å². The molecule has 0 saturated heterocycles. The first kappa shape index (κ1) is 16.8. The second-order valence-electron chi connectivity index (χ2n) is 5.20. The van der Waals surface area contributed by atoms with Gasteiger partial charge in [-0.25, -0.2) is 0 Å². The van der Waals surface area contributed by atoms with E-state index in [-0.39, 0.29) is 24.1 Å². The van der Waals surface area contributed by atoms with Gasteiger partial charge in [-0.05, 0) is 18.6 Å². The maximum absolute atomic E-state index is 12.4. The van der Waals surface area contributed by atoms with Gasteiger partial charge in [0, 0.05) is 12.6 Å². The van der Waals surface area contributed by atoms with E-state index in [1.165, 1.54) is 23.5 Å². The van der Waals surface area contributed by atoms with Gasteiger partial charge in [-0.2, -0.15) is 0 Å². The summed E-state index contributed by atoms with van der Waals surface area (Å²) in [6.07, 6.45) is 6.89. The predicted molar refractivity (Wildman–Crippen MR) is 83.9 cm³/mol. The van der Waals surface area contributed by atoms with Gasteiger partial charge in [0.1, 0.15) is 12.8 Å². The number of nitrogens with zero attached hydrogens (tertiary/aromatic N) is 2. The van der Waals surface area contributed by atoms with Crippen LogP contribution in [0.15, 0.2) is 39.7 Å².